The maximum atomic E-state index is 12.0. The highest BCUT2D eigenvalue weighted by Gasteiger charge is 2.22. The molecule has 0 radical (unpaired) electrons. The number of hydrogen-bond acceptors (Lipinski definition) is 2. The first-order chi connectivity index (χ1) is 9.74. The fraction of sp³-hybridized carbons (Fsp3) is 0.0588. The topological polar surface area (TPSA) is 29.4 Å². The molecule has 3 rings (SSSR count). The van der Waals surface area contributed by atoms with Crippen molar-refractivity contribution in [3.63, 3.8) is 0 Å². The van der Waals surface area contributed by atoms with Gasteiger partial charge in [-0.1, -0.05) is 66.4 Å². The highest BCUT2D eigenvalue weighted by Crippen LogP contribution is 2.32. The smallest absolute Gasteiger partial charge is 0.266 e. The zero-order chi connectivity index (χ0) is 13.9. The van der Waals surface area contributed by atoms with Crippen molar-refractivity contribution in [1.29, 1.82) is 0 Å². The Labute approximate surface area is 122 Å². The maximum absolute atomic E-state index is 12.0. The lowest BCUT2D eigenvalue weighted by molar-refractivity contribution is -0.113. The fourth-order valence-electron chi connectivity index (χ4n) is 2.00. The Kier molecular flexibility index (Phi) is 3.52. The summed E-state index contributed by atoms with van der Waals surface area (Å²) in [4.78, 5) is 16.8. The standard InChI is InChI=1S/C17H13NOS/c1-12-7-5-6-10-14(12)11-15-16(19)18-17(20-15)13-8-3-2-4-9-13/h2-11H,1H3/b15-11-. The van der Waals surface area contributed by atoms with Gasteiger partial charge in [0.15, 0.2) is 0 Å². The van der Waals surface area contributed by atoms with E-state index in [-0.39, 0.29) is 5.91 Å². The average molecular weight is 279 g/mol. The van der Waals surface area contributed by atoms with Gasteiger partial charge in [0.2, 0.25) is 0 Å². The number of aryl methyl sites for hydroxylation is 1. The van der Waals surface area contributed by atoms with Crippen LogP contribution >= 0.6 is 11.8 Å². The van der Waals surface area contributed by atoms with Crippen molar-refractivity contribution < 1.29 is 4.79 Å². The van der Waals surface area contributed by atoms with Crippen LogP contribution in [0.25, 0.3) is 6.08 Å². The molecule has 0 saturated heterocycles. The van der Waals surface area contributed by atoms with Gasteiger partial charge < -0.3 is 0 Å². The van der Waals surface area contributed by atoms with E-state index in [2.05, 4.69) is 4.99 Å². The Balaban J connectivity index is 1.90. The molecule has 1 aliphatic rings. The second kappa shape index (κ2) is 5.47. The predicted molar refractivity (Wildman–Crippen MR) is 84.7 cm³/mol. The third-order valence-corrected chi connectivity index (χ3v) is 4.15. The molecule has 20 heavy (non-hydrogen) atoms. The van der Waals surface area contributed by atoms with E-state index in [1.165, 1.54) is 11.8 Å². The molecule has 0 spiro atoms. The number of aliphatic imine (C=N–C) groups is 1. The molecule has 0 aliphatic carbocycles. The second-order valence-electron chi connectivity index (χ2n) is 4.56. The Morgan fingerprint density at radius 2 is 1.70 bits per heavy atom. The van der Waals surface area contributed by atoms with Crippen molar-refractivity contribution in [2.75, 3.05) is 0 Å². The first kappa shape index (κ1) is 12.9. The van der Waals surface area contributed by atoms with Crippen molar-refractivity contribution in [1.82, 2.24) is 0 Å². The van der Waals surface area contributed by atoms with Crippen LogP contribution in [0.1, 0.15) is 16.7 Å². The van der Waals surface area contributed by atoms with Crippen molar-refractivity contribution in [2.45, 2.75) is 6.92 Å². The van der Waals surface area contributed by atoms with Crippen molar-refractivity contribution in [2.24, 2.45) is 4.99 Å². The molecule has 0 unspecified atom stereocenters. The number of hydrogen-bond donors (Lipinski definition) is 0. The Bertz CT molecular complexity index is 717. The number of rotatable bonds is 2. The molecule has 2 aromatic rings. The summed E-state index contributed by atoms with van der Waals surface area (Å²) in [5.41, 5.74) is 3.20. The van der Waals surface area contributed by atoms with E-state index < -0.39 is 0 Å². The molecule has 0 saturated carbocycles. The molecule has 98 valence electrons. The molecule has 0 bridgehead atoms. The lowest BCUT2D eigenvalue weighted by Crippen LogP contribution is -1.89. The lowest BCUT2D eigenvalue weighted by atomic mass is 10.1. The van der Waals surface area contributed by atoms with Crippen LogP contribution in [0.3, 0.4) is 0 Å². The van der Waals surface area contributed by atoms with Crippen molar-refractivity contribution >= 4 is 28.8 Å². The van der Waals surface area contributed by atoms with Crippen LogP contribution in [0.5, 0.6) is 0 Å². The molecule has 0 aromatic heterocycles. The van der Waals surface area contributed by atoms with Gasteiger partial charge in [-0.15, -0.1) is 0 Å². The van der Waals surface area contributed by atoms with Gasteiger partial charge in [0.25, 0.3) is 5.91 Å². The van der Waals surface area contributed by atoms with Gasteiger partial charge in [0, 0.05) is 5.56 Å². The molecular formula is C17H13NOS. The van der Waals surface area contributed by atoms with Gasteiger partial charge in [-0.2, -0.15) is 0 Å². The molecule has 0 N–H and O–H groups in total. The van der Waals surface area contributed by atoms with E-state index in [1.54, 1.807) is 0 Å². The Morgan fingerprint density at radius 3 is 2.45 bits per heavy atom. The van der Waals surface area contributed by atoms with Gasteiger partial charge in [-0.3, -0.25) is 4.79 Å². The van der Waals surface area contributed by atoms with E-state index in [0.717, 1.165) is 21.7 Å². The van der Waals surface area contributed by atoms with Crippen LogP contribution < -0.4 is 0 Å². The quantitative estimate of drug-likeness (QED) is 0.776. The number of carbonyl (C=O) groups is 1. The van der Waals surface area contributed by atoms with Crippen LogP contribution in [0.4, 0.5) is 0 Å². The molecule has 2 nitrogen and oxygen atoms in total. The first-order valence-corrected chi connectivity index (χ1v) is 7.19. The van der Waals surface area contributed by atoms with Crippen molar-refractivity contribution in [3.05, 3.63) is 76.2 Å². The molecule has 1 heterocycles. The van der Waals surface area contributed by atoms with Gasteiger partial charge in [-0.05, 0) is 24.1 Å². The third kappa shape index (κ3) is 2.58. The highest BCUT2D eigenvalue weighted by atomic mass is 32.2. The molecule has 2 aromatic carbocycles. The Hall–Kier alpha value is -2.13. The number of nitrogens with zero attached hydrogens (tertiary/aromatic N) is 1. The Morgan fingerprint density at radius 1 is 1.00 bits per heavy atom. The monoisotopic (exact) mass is 279 g/mol. The zero-order valence-corrected chi connectivity index (χ0v) is 11.9. The summed E-state index contributed by atoms with van der Waals surface area (Å²) < 4.78 is 0. The zero-order valence-electron chi connectivity index (χ0n) is 11.0. The minimum atomic E-state index is -0.155. The molecule has 3 heteroatoms. The number of carbonyl (C=O) groups excluding carboxylic acids is 1. The summed E-state index contributed by atoms with van der Waals surface area (Å²) in [6.45, 7) is 2.04. The summed E-state index contributed by atoms with van der Waals surface area (Å²) >= 11 is 1.44. The van der Waals surface area contributed by atoms with Crippen LogP contribution in [0.15, 0.2) is 64.5 Å². The summed E-state index contributed by atoms with van der Waals surface area (Å²) in [5, 5.41) is 0.774. The molecule has 1 aliphatic heterocycles. The van der Waals surface area contributed by atoms with E-state index in [4.69, 9.17) is 0 Å². The summed E-state index contributed by atoms with van der Waals surface area (Å²) in [5.74, 6) is -0.155. The minimum absolute atomic E-state index is 0.155. The van der Waals surface area contributed by atoms with E-state index in [0.29, 0.717) is 4.91 Å². The van der Waals surface area contributed by atoms with Crippen LogP contribution in [-0.2, 0) is 4.79 Å². The van der Waals surface area contributed by atoms with E-state index in [1.807, 2.05) is 67.6 Å². The van der Waals surface area contributed by atoms with Crippen molar-refractivity contribution in [3.8, 4) is 0 Å². The van der Waals surface area contributed by atoms with Gasteiger partial charge in [0.05, 0.1) is 4.91 Å². The largest absolute Gasteiger partial charge is 0.284 e. The number of amides is 1. The fourth-order valence-corrected chi connectivity index (χ4v) is 2.91. The minimum Gasteiger partial charge on any atom is -0.266 e. The summed E-state index contributed by atoms with van der Waals surface area (Å²) in [6, 6.07) is 17.8. The molecular weight excluding hydrogens is 266 g/mol. The molecule has 1 amide bonds. The summed E-state index contributed by atoms with van der Waals surface area (Å²) in [7, 11) is 0. The van der Waals surface area contributed by atoms with Gasteiger partial charge in [-0.25, -0.2) is 4.99 Å². The average Bonchev–Trinajstić information content (AvgIpc) is 2.84. The number of benzene rings is 2. The molecule has 0 atom stereocenters. The molecule has 0 fully saturated rings. The normalized spacial score (nSPS) is 16.6. The predicted octanol–water partition coefficient (Wildman–Crippen LogP) is 4.06. The van der Waals surface area contributed by atoms with Gasteiger partial charge in [0.1, 0.15) is 5.04 Å². The lowest BCUT2D eigenvalue weighted by Gasteiger charge is -2.01. The third-order valence-electron chi connectivity index (χ3n) is 3.12. The summed E-state index contributed by atoms with van der Waals surface area (Å²) in [6.07, 6.45) is 1.92. The maximum Gasteiger partial charge on any atom is 0.284 e. The van der Waals surface area contributed by atoms with E-state index >= 15 is 0 Å². The SMILES string of the molecule is Cc1ccccc1/C=C1\SC(c2ccccc2)=NC1=O. The first-order valence-electron chi connectivity index (χ1n) is 6.37. The highest BCUT2D eigenvalue weighted by molar-refractivity contribution is 8.19. The van der Waals surface area contributed by atoms with Crippen LogP contribution in [-0.4, -0.2) is 11.0 Å². The second-order valence-corrected chi connectivity index (χ2v) is 5.59. The van der Waals surface area contributed by atoms with E-state index in [9.17, 15) is 4.79 Å². The number of thioether (sulfide) groups is 1. The van der Waals surface area contributed by atoms with Crippen LogP contribution in [0, 0.1) is 6.92 Å². The van der Waals surface area contributed by atoms with Gasteiger partial charge >= 0.3 is 0 Å². The van der Waals surface area contributed by atoms with Crippen LogP contribution in [0.2, 0.25) is 0 Å².